The first-order valence-electron chi connectivity index (χ1n) is 9.90. The molecule has 0 aliphatic carbocycles. The van der Waals surface area contributed by atoms with Crippen LogP contribution in [0.4, 0.5) is 5.82 Å². The van der Waals surface area contributed by atoms with E-state index in [0.29, 0.717) is 18.8 Å². The van der Waals surface area contributed by atoms with Crippen LogP contribution in [0, 0.1) is 0 Å². The van der Waals surface area contributed by atoms with Crippen LogP contribution in [0.15, 0.2) is 55.2 Å². The Kier molecular flexibility index (Phi) is 5.74. The maximum atomic E-state index is 12.7. The predicted octanol–water partition coefficient (Wildman–Crippen LogP) is 2.85. The van der Waals surface area contributed by atoms with Crippen molar-refractivity contribution in [1.29, 1.82) is 0 Å². The van der Waals surface area contributed by atoms with E-state index >= 15 is 0 Å². The minimum Gasteiger partial charge on any atom is -0.384 e. The quantitative estimate of drug-likeness (QED) is 0.697. The number of nitrogens with zero attached hydrogens (tertiary/aromatic N) is 5. The third kappa shape index (κ3) is 4.56. The molecule has 1 aliphatic heterocycles. The van der Waals surface area contributed by atoms with Crippen molar-refractivity contribution in [3.8, 4) is 11.1 Å². The molecular weight excluding hydrogens is 364 g/mol. The summed E-state index contributed by atoms with van der Waals surface area (Å²) in [6.07, 6.45) is 9.94. The summed E-state index contributed by atoms with van der Waals surface area (Å²) < 4.78 is 0. The lowest BCUT2D eigenvalue weighted by Gasteiger charge is -2.17. The monoisotopic (exact) mass is 388 g/mol. The highest BCUT2D eigenvalue weighted by Gasteiger charge is 2.29. The number of nitrogen functional groups attached to an aromatic ring is 1. The zero-order valence-electron chi connectivity index (χ0n) is 16.2. The van der Waals surface area contributed by atoms with Crippen LogP contribution in [-0.4, -0.2) is 43.8 Å². The number of hydrogen-bond donors (Lipinski definition) is 1. The maximum absolute atomic E-state index is 12.7. The number of rotatable bonds is 6. The van der Waals surface area contributed by atoms with Gasteiger partial charge in [0.25, 0.3) is 0 Å². The van der Waals surface area contributed by atoms with E-state index < -0.39 is 0 Å². The number of hydrogen-bond acceptors (Lipinski definition) is 6. The van der Waals surface area contributed by atoms with E-state index in [1.807, 2.05) is 41.4 Å². The average Bonchev–Trinajstić information content (AvgIpc) is 3.25. The van der Waals surface area contributed by atoms with Crippen molar-refractivity contribution in [3.05, 3.63) is 66.6 Å². The number of likely N-dealkylation sites (tertiary alicyclic amines) is 1. The molecule has 1 atom stereocenters. The number of aryl methyl sites for hydroxylation is 1. The van der Waals surface area contributed by atoms with Crippen LogP contribution in [0.1, 0.15) is 36.6 Å². The number of anilines is 1. The largest absolute Gasteiger partial charge is 0.384 e. The molecule has 148 valence electrons. The molecule has 4 rings (SSSR count). The van der Waals surface area contributed by atoms with Gasteiger partial charge in [-0.15, -0.1) is 0 Å². The normalized spacial score (nSPS) is 16.1. The number of carbonyl (C=O) groups excluding carboxylic acids is 1. The molecule has 4 heterocycles. The van der Waals surface area contributed by atoms with Crippen LogP contribution < -0.4 is 5.73 Å². The standard InChI is InChI=1S/C22H24N6O/c23-20-12-16(7-10-26-20)19-13-24-15-27-22(19)17-8-11-28(14-17)21(29)6-3-5-18-4-1-2-9-25-18/h1-2,4,7,9-10,12-13,15,17H,3,5-6,8,11,14H2,(H2,23,26). The molecule has 3 aromatic heterocycles. The Morgan fingerprint density at radius 1 is 1.17 bits per heavy atom. The van der Waals surface area contributed by atoms with Crippen molar-refractivity contribution in [1.82, 2.24) is 24.8 Å². The first kappa shape index (κ1) is 19.0. The highest BCUT2D eigenvalue weighted by molar-refractivity contribution is 5.77. The molecule has 0 aromatic carbocycles. The second-order valence-corrected chi connectivity index (χ2v) is 7.29. The van der Waals surface area contributed by atoms with E-state index in [9.17, 15) is 4.79 Å². The number of carbonyl (C=O) groups is 1. The zero-order valence-corrected chi connectivity index (χ0v) is 16.2. The second-order valence-electron chi connectivity index (χ2n) is 7.29. The van der Waals surface area contributed by atoms with Crippen LogP contribution in [-0.2, 0) is 11.2 Å². The summed E-state index contributed by atoms with van der Waals surface area (Å²) in [5, 5.41) is 0. The molecule has 2 N–H and O–H groups in total. The number of nitrogens with two attached hydrogens (primary N) is 1. The van der Waals surface area contributed by atoms with Crippen molar-refractivity contribution in [2.45, 2.75) is 31.6 Å². The Bertz CT molecular complexity index is 978. The highest BCUT2D eigenvalue weighted by Crippen LogP contribution is 2.33. The fraction of sp³-hybridized carbons (Fsp3) is 0.318. The maximum Gasteiger partial charge on any atom is 0.222 e. The van der Waals surface area contributed by atoms with Gasteiger partial charge in [0, 0.05) is 55.3 Å². The van der Waals surface area contributed by atoms with Gasteiger partial charge >= 0.3 is 0 Å². The van der Waals surface area contributed by atoms with Gasteiger partial charge in [-0.05, 0) is 49.1 Å². The van der Waals surface area contributed by atoms with Gasteiger partial charge in [0.15, 0.2) is 0 Å². The Labute approximate surface area is 170 Å². The second kappa shape index (κ2) is 8.77. The van der Waals surface area contributed by atoms with Gasteiger partial charge in [0.2, 0.25) is 5.91 Å². The van der Waals surface area contributed by atoms with E-state index in [4.69, 9.17) is 5.73 Å². The van der Waals surface area contributed by atoms with E-state index in [0.717, 1.165) is 48.3 Å². The van der Waals surface area contributed by atoms with Crippen LogP contribution >= 0.6 is 0 Å². The highest BCUT2D eigenvalue weighted by atomic mass is 16.2. The van der Waals surface area contributed by atoms with Crippen LogP contribution in [0.25, 0.3) is 11.1 Å². The Hall–Kier alpha value is -3.35. The molecule has 1 amide bonds. The number of pyridine rings is 2. The summed E-state index contributed by atoms with van der Waals surface area (Å²) in [5.74, 6) is 0.864. The Morgan fingerprint density at radius 2 is 2.10 bits per heavy atom. The van der Waals surface area contributed by atoms with Crippen molar-refractivity contribution in [2.75, 3.05) is 18.8 Å². The lowest BCUT2D eigenvalue weighted by atomic mass is 9.96. The average molecular weight is 388 g/mol. The summed E-state index contributed by atoms with van der Waals surface area (Å²) >= 11 is 0. The van der Waals surface area contributed by atoms with Crippen molar-refractivity contribution >= 4 is 11.7 Å². The van der Waals surface area contributed by atoms with Gasteiger partial charge in [-0.1, -0.05) is 6.07 Å². The van der Waals surface area contributed by atoms with E-state index in [1.165, 1.54) is 0 Å². The molecule has 0 bridgehead atoms. The van der Waals surface area contributed by atoms with Crippen LogP contribution in [0.5, 0.6) is 0 Å². The summed E-state index contributed by atoms with van der Waals surface area (Å²) in [6, 6.07) is 9.62. The minimum atomic E-state index is 0.196. The summed E-state index contributed by atoms with van der Waals surface area (Å²) in [4.78, 5) is 31.7. The fourth-order valence-electron chi connectivity index (χ4n) is 3.84. The van der Waals surface area contributed by atoms with Gasteiger partial charge in [-0.2, -0.15) is 0 Å². The van der Waals surface area contributed by atoms with E-state index in [1.54, 1.807) is 18.7 Å². The van der Waals surface area contributed by atoms with Gasteiger partial charge in [-0.25, -0.2) is 15.0 Å². The molecule has 7 nitrogen and oxygen atoms in total. The molecule has 1 unspecified atom stereocenters. The molecule has 7 heteroatoms. The molecule has 1 saturated heterocycles. The molecule has 3 aromatic rings. The Balaban J connectivity index is 1.39. The van der Waals surface area contributed by atoms with Crippen LogP contribution in [0.2, 0.25) is 0 Å². The lowest BCUT2D eigenvalue weighted by Crippen LogP contribution is -2.28. The van der Waals surface area contributed by atoms with E-state index in [-0.39, 0.29) is 11.8 Å². The summed E-state index contributed by atoms with van der Waals surface area (Å²) in [5.41, 5.74) is 9.74. The van der Waals surface area contributed by atoms with E-state index in [2.05, 4.69) is 19.9 Å². The van der Waals surface area contributed by atoms with Gasteiger partial charge in [0.05, 0.1) is 5.69 Å². The molecule has 0 spiro atoms. The minimum absolute atomic E-state index is 0.196. The van der Waals surface area contributed by atoms with Gasteiger partial charge in [-0.3, -0.25) is 9.78 Å². The number of aromatic nitrogens is 4. The molecule has 29 heavy (non-hydrogen) atoms. The summed E-state index contributed by atoms with van der Waals surface area (Å²) in [7, 11) is 0. The van der Waals surface area contributed by atoms with Gasteiger partial charge in [0.1, 0.15) is 12.1 Å². The summed E-state index contributed by atoms with van der Waals surface area (Å²) in [6.45, 7) is 1.45. The van der Waals surface area contributed by atoms with Crippen molar-refractivity contribution in [3.63, 3.8) is 0 Å². The smallest absolute Gasteiger partial charge is 0.222 e. The molecule has 1 aliphatic rings. The predicted molar refractivity (Wildman–Crippen MR) is 111 cm³/mol. The first-order chi connectivity index (χ1) is 14.2. The lowest BCUT2D eigenvalue weighted by molar-refractivity contribution is -0.130. The van der Waals surface area contributed by atoms with Crippen molar-refractivity contribution < 1.29 is 4.79 Å². The molecule has 0 saturated carbocycles. The third-order valence-corrected chi connectivity index (χ3v) is 5.31. The third-order valence-electron chi connectivity index (χ3n) is 5.31. The zero-order chi connectivity index (χ0) is 20.1. The van der Waals surface area contributed by atoms with Crippen molar-refractivity contribution in [2.24, 2.45) is 0 Å². The number of amides is 1. The fourth-order valence-corrected chi connectivity index (χ4v) is 3.84. The molecular formula is C22H24N6O. The van der Waals surface area contributed by atoms with Crippen LogP contribution in [0.3, 0.4) is 0 Å². The van der Waals surface area contributed by atoms with Gasteiger partial charge < -0.3 is 10.6 Å². The topological polar surface area (TPSA) is 97.9 Å². The molecule has 0 radical (unpaired) electrons. The Morgan fingerprint density at radius 3 is 2.93 bits per heavy atom. The first-order valence-corrected chi connectivity index (χ1v) is 9.90. The molecule has 1 fully saturated rings. The SMILES string of the molecule is Nc1cc(-c2cncnc2C2CCN(C(=O)CCCc3ccccn3)C2)ccn1.